The number of carbonyl (C=O) groups excluding carboxylic acids is 1. The summed E-state index contributed by atoms with van der Waals surface area (Å²) in [6, 6.07) is 0. The van der Waals surface area contributed by atoms with Gasteiger partial charge in [0, 0.05) is 25.9 Å². The van der Waals surface area contributed by atoms with E-state index in [1.165, 1.54) is 6.26 Å². The Bertz CT molecular complexity index is 542. The van der Waals surface area contributed by atoms with Crippen molar-refractivity contribution in [3.05, 3.63) is 0 Å². The molecule has 1 saturated heterocycles. The number of nitrogens with zero attached hydrogens (tertiary/aromatic N) is 2. The Balaban J connectivity index is 0.00000625. The lowest BCUT2D eigenvalue weighted by Crippen LogP contribution is -2.48. The molecule has 1 atom stereocenters. The highest BCUT2D eigenvalue weighted by atomic mass is 127. The van der Waals surface area contributed by atoms with Crippen LogP contribution in [-0.4, -0.2) is 83.3 Å². The molecule has 0 aromatic heterocycles. The van der Waals surface area contributed by atoms with Crippen LogP contribution >= 0.6 is 24.0 Å². The first-order valence-electron chi connectivity index (χ1n) is 8.82. The number of hydrogen-bond acceptors (Lipinski definition) is 6. The van der Waals surface area contributed by atoms with Crippen molar-refractivity contribution in [3.8, 4) is 0 Å². The van der Waals surface area contributed by atoms with Gasteiger partial charge in [-0.25, -0.2) is 8.42 Å². The van der Waals surface area contributed by atoms with Crippen molar-refractivity contribution in [2.75, 3.05) is 58.0 Å². The Kier molecular flexibility index (Phi) is 13.2. The molecule has 1 heterocycles. The molecule has 8 nitrogen and oxygen atoms in total. The Morgan fingerprint density at radius 3 is 2.65 bits per heavy atom. The number of ether oxygens (including phenoxy) is 2. The van der Waals surface area contributed by atoms with E-state index in [2.05, 4.69) is 15.2 Å². The van der Waals surface area contributed by atoms with E-state index in [0.717, 1.165) is 31.9 Å². The van der Waals surface area contributed by atoms with Crippen molar-refractivity contribution in [1.82, 2.24) is 10.2 Å². The average molecular weight is 505 g/mol. The standard InChI is InChI=1S/C16H31N3O5S.HI/c1-4-17-16(18-8-10-23-11-12-25(3,21)22)19-9-6-7-14(13-19)15(20)24-5-2;/h14H,4-13H2,1-3H3,(H,17,18);1H. The largest absolute Gasteiger partial charge is 0.466 e. The molecule has 0 aromatic carbocycles. The van der Waals surface area contributed by atoms with Crippen LogP contribution in [0.15, 0.2) is 4.99 Å². The summed E-state index contributed by atoms with van der Waals surface area (Å²) < 4.78 is 32.5. The number of sulfone groups is 1. The van der Waals surface area contributed by atoms with Crippen LogP contribution < -0.4 is 5.32 Å². The molecule has 10 heteroatoms. The molecule has 1 unspecified atom stereocenters. The minimum atomic E-state index is -3.00. The van der Waals surface area contributed by atoms with Gasteiger partial charge in [0.25, 0.3) is 0 Å². The predicted octanol–water partition coefficient (Wildman–Crippen LogP) is 0.906. The molecule has 26 heavy (non-hydrogen) atoms. The van der Waals surface area contributed by atoms with Crippen molar-refractivity contribution >= 4 is 45.7 Å². The number of guanidine groups is 1. The fourth-order valence-electron chi connectivity index (χ4n) is 2.58. The van der Waals surface area contributed by atoms with E-state index in [9.17, 15) is 13.2 Å². The van der Waals surface area contributed by atoms with E-state index in [4.69, 9.17) is 9.47 Å². The van der Waals surface area contributed by atoms with Crippen molar-refractivity contribution in [1.29, 1.82) is 0 Å². The molecular weight excluding hydrogens is 473 g/mol. The molecule has 1 rings (SSSR count). The fraction of sp³-hybridized carbons (Fsp3) is 0.875. The van der Waals surface area contributed by atoms with Gasteiger partial charge in [-0.15, -0.1) is 24.0 Å². The molecule has 0 saturated carbocycles. The summed E-state index contributed by atoms with van der Waals surface area (Å²) >= 11 is 0. The van der Waals surface area contributed by atoms with Crippen molar-refractivity contribution < 1.29 is 22.7 Å². The molecule has 0 amide bonds. The van der Waals surface area contributed by atoms with Gasteiger partial charge in [0.15, 0.2) is 5.96 Å². The van der Waals surface area contributed by atoms with E-state index >= 15 is 0 Å². The van der Waals surface area contributed by atoms with Crippen molar-refractivity contribution in [2.24, 2.45) is 10.9 Å². The van der Waals surface area contributed by atoms with Crippen LogP contribution in [0.2, 0.25) is 0 Å². The number of halogens is 1. The maximum absolute atomic E-state index is 12.0. The lowest BCUT2D eigenvalue weighted by atomic mass is 9.98. The summed E-state index contributed by atoms with van der Waals surface area (Å²) in [5.41, 5.74) is 0. The zero-order valence-corrected chi connectivity index (χ0v) is 19.0. The van der Waals surface area contributed by atoms with Gasteiger partial charge >= 0.3 is 5.97 Å². The monoisotopic (exact) mass is 505 g/mol. The molecule has 0 aromatic rings. The molecule has 1 N–H and O–H groups in total. The molecule has 0 aliphatic carbocycles. The molecule has 0 spiro atoms. The zero-order valence-electron chi connectivity index (χ0n) is 15.9. The molecule has 0 radical (unpaired) electrons. The number of piperidine rings is 1. The Morgan fingerprint density at radius 2 is 2.04 bits per heavy atom. The number of carbonyl (C=O) groups is 1. The first-order valence-corrected chi connectivity index (χ1v) is 10.9. The van der Waals surface area contributed by atoms with Gasteiger partial charge in [0.2, 0.25) is 0 Å². The number of aliphatic imine (C=N–C) groups is 1. The number of hydrogen-bond donors (Lipinski definition) is 1. The Labute approximate surface area is 174 Å². The lowest BCUT2D eigenvalue weighted by Gasteiger charge is -2.34. The summed E-state index contributed by atoms with van der Waals surface area (Å²) in [6.07, 6.45) is 2.94. The number of likely N-dealkylation sites (tertiary alicyclic amines) is 1. The minimum absolute atomic E-state index is 0. The summed E-state index contributed by atoms with van der Waals surface area (Å²) in [5, 5.41) is 3.23. The highest BCUT2D eigenvalue weighted by Gasteiger charge is 2.28. The normalized spacial score (nSPS) is 18.2. The average Bonchev–Trinajstić information content (AvgIpc) is 2.56. The van der Waals surface area contributed by atoms with Crippen LogP contribution in [0.5, 0.6) is 0 Å². The van der Waals surface area contributed by atoms with Crippen molar-refractivity contribution in [3.63, 3.8) is 0 Å². The van der Waals surface area contributed by atoms with E-state index in [1.54, 1.807) is 0 Å². The lowest BCUT2D eigenvalue weighted by molar-refractivity contribution is -0.149. The summed E-state index contributed by atoms with van der Waals surface area (Å²) in [4.78, 5) is 18.5. The maximum Gasteiger partial charge on any atom is 0.310 e. The van der Waals surface area contributed by atoms with Gasteiger partial charge in [-0.2, -0.15) is 0 Å². The number of nitrogens with one attached hydrogen (secondary N) is 1. The maximum atomic E-state index is 12.0. The van der Waals surface area contributed by atoms with E-state index in [1.807, 2.05) is 13.8 Å². The van der Waals surface area contributed by atoms with Gasteiger partial charge in [-0.3, -0.25) is 9.79 Å². The van der Waals surface area contributed by atoms with Crippen LogP contribution in [0.25, 0.3) is 0 Å². The molecule has 1 aliphatic heterocycles. The van der Waals surface area contributed by atoms with Crippen molar-refractivity contribution in [2.45, 2.75) is 26.7 Å². The zero-order chi connectivity index (χ0) is 18.7. The molecular formula is C16H32IN3O5S. The fourth-order valence-corrected chi connectivity index (χ4v) is 3.00. The van der Waals surface area contributed by atoms with Gasteiger partial charge in [-0.1, -0.05) is 0 Å². The predicted molar refractivity (Wildman–Crippen MR) is 113 cm³/mol. The van der Waals surface area contributed by atoms with Gasteiger partial charge in [-0.05, 0) is 26.7 Å². The van der Waals surface area contributed by atoms with Crippen LogP contribution in [0.1, 0.15) is 26.7 Å². The van der Waals surface area contributed by atoms with E-state index in [-0.39, 0.29) is 48.2 Å². The molecule has 1 fully saturated rings. The molecule has 1 aliphatic rings. The van der Waals surface area contributed by atoms with Gasteiger partial charge in [0.05, 0.1) is 38.0 Å². The third-order valence-electron chi connectivity index (χ3n) is 3.77. The third kappa shape index (κ3) is 10.5. The first kappa shape index (κ1) is 25.4. The van der Waals surface area contributed by atoms with Crippen LogP contribution in [0, 0.1) is 5.92 Å². The number of esters is 1. The smallest absolute Gasteiger partial charge is 0.310 e. The van der Waals surface area contributed by atoms with Crippen LogP contribution in [-0.2, 0) is 24.1 Å². The van der Waals surface area contributed by atoms with E-state index in [0.29, 0.717) is 26.3 Å². The van der Waals surface area contributed by atoms with Gasteiger partial charge < -0.3 is 19.7 Å². The topological polar surface area (TPSA) is 97.3 Å². The SMILES string of the molecule is CCNC(=NCCOCCS(C)(=O)=O)N1CCCC(C(=O)OCC)C1.I. The van der Waals surface area contributed by atoms with Crippen LogP contribution in [0.3, 0.4) is 0 Å². The van der Waals surface area contributed by atoms with Gasteiger partial charge in [0.1, 0.15) is 9.84 Å². The third-order valence-corrected chi connectivity index (χ3v) is 4.68. The first-order chi connectivity index (χ1) is 11.9. The minimum Gasteiger partial charge on any atom is -0.466 e. The van der Waals surface area contributed by atoms with Crippen LogP contribution in [0.4, 0.5) is 0 Å². The van der Waals surface area contributed by atoms with E-state index < -0.39 is 9.84 Å². The molecule has 154 valence electrons. The summed E-state index contributed by atoms with van der Waals surface area (Å²) in [6.45, 7) is 7.35. The Morgan fingerprint density at radius 1 is 1.31 bits per heavy atom. The second kappa shape index (κ2) is 13.5. The summed E-state index contributed by atoms with van der Waals surface area (Å²) in [5.74, 6) is 0.503. The quantitative estimate of drug-likeness (QED) is 0.164. The summed E-state index contributed by atoms with van der Waals surface area (Å²) in [7, 11) is -3.00. The highest BCUT2D eigenvalue weighted by molar-refractivity contribution is 14.0. The highest BCUT2D eigenvalue weighted by Crippen LogP contribution is 2.18. The number of rotatable bonds is 9. The second-order valence-corrected chi connectivity index (χ2v) is 8.27. The Hall–Kier alpha value is -0.620. The molecule has 0 bridgehead atoms. The second-order valence-electron chi connectivity index (χ2n) is 6.02.